The van der Waals surface area contributed by atoms with Crippen molar-refractivity contribution in [3.8, 4) is 11.5 Å². The Morgan fingerprint density at radius 3 is 2.94 bits per heavy atom. The van der Waals surface area contributed by atoms with Crippen LogP contribution < -0.4 is 10.5 Å². The van der Waals surface area contributed by atoms with E-state index in [9.17, 15) is 0 Å². The fraction of sp³-hybridized carbons (Fsp3) is 0. The van der Waals surface area contributed by atoms with Gasteiger partial charge in [0.25, 0.3) is 0 Å². The van der Waals surface area contributed by atoms with Crippen LogP contribution in [0.4, 0.5) is 0 Å². The summed E-state index contributed by atoms with van der Waals surface area (Å²) in [6.07, 6.45) is 4.56. The van der Waals surface area contributed by atoms with Crippen LogP contribution in [0, 0.1) is 5.41 Å². The van der Waals surface area contributed by atoms with E-state index in [0.29, 0.717) is 16.5 Å². The van der Waals surface area contributed by atoms with Crippen molar-refractivity contribution in [1.82, 2.24) is 9.97 Å². The lowest BCUT2D eigenvalue weighted by molar-refractivity contribution is 0.476. The minimum atomic E-state index is -0.157. The third-order valence-corrected chi connectivity index (χ3v) is 2.14. The summed E-state index contributed by atoms with van der Waals surface area (Å²) in [4.78, 5) is 7.86. The number of nitrogens with two attached hydrogens (primary N) is 1. The van der Waals surface area contributed by atoms with E-state index < -0.39 is 0 Å². The van der Waals surface area contributed by atoms with Crippen molar-refractivity contribution in [1.29, 1.82) is 5.41 Å². The third kappa shape index (κ3) is 2.70. The van der Waals surface area contributed by atoms with Gasteiger partial charge in [0, 0.05) is 18.5 Å². The van der Waals surface area contributed by atoms with Crippen LogP contribution in [-0.4, -0.2) is 15.8 Å². The van der Waals surface area contributed by atoms with Crippen molar-refractivity contribution in [2.45, 2.75) is 0 Å². The lowest BCUT2D eigenvalue weighted by Crippen LogP contribution is -2.14. The number of halogens is 1. The zero-order valence-corrected chi connectivity index (χ0v) is 9.48. The van der Waals surface area contributed by atoms with Crippen LogP contribution in [0.25, 0.3) is 0 Å². The van der Waals surface area contributed by atoms with Gasteiger partial charge in [-0.25, -0.2) is 4.98 Å². The second-order valence-electron chi connectivity index (χ2n) is 3.20. The molecular weight excluding hydrogens is 240 g/mol. The smallest absolute Gasteiger partial charge is 0.156 e. The molecule has 0 radical (unpaired) electrons. The average molecular weight is 249 g/mol. The summed E-state index contributed by atoms with van der Waals surface area (Å²) >= 11 is 5.79. The molecule has 2 heterocycles. The van der Waals surface area contributed by atoms with Crippen molar-refractivity contribution in [3.05, 3.63) is 47.5 Å². The van der Waals surface area contributed by atoms with Gasteiger partial charge in [-0.15, -0.1) is 0 Å². The molecule has 0 atom stereocenters. The van der Waals surface area contributed by atoms with Crippen LogP contribution in [0.5, 0.6) is 11.5 Å². The molecule has 2 rings (SSSR count). The first kappa shape index (κ1) is 11.3. The molecule has 6 heteroatoms. The van der Waals surface area contributed by atoms with Gasteiger partial charge < -0.3 is 10.5 Å². The minimum Gasteiger partial charge on any atom is -0.453 e. The molecule has 0 aliphatic carbocycles. The first-order valence-electron chi connectivity index (χ1n) is 4.74. The van der Waals surface area contributed by atoms with E-state index >= 15 is 0 Å². The Hall–Kier alpha value is -2.14. The molecule has 5 nitrogen and oxygen atoms in total. The zero-order chi connectivity index (χ0) is 12.3. The standard InChI is InChI=1S/C11H9ClN4O/c12-7-4-8(6-15-5-7)17-9-2-1-3-16-10(9)11(13)14/h1-6H,(H3,13,14). The van der Waals surface area contributed by atoms with Gasteiger partial charge in [-0.2, -0.15) is 0 Å². The number of pyridine rings is 2. The summed E-state index contributed by atoms with van der Waals surface area (Å²) in [6, 6.07) is 4.98. The molecule has 0 aromatic carbocycles. The van der Waals surface area contributed by atoms with Gasteiger partial charge >= 0.3 is 0 Å². The maximum atomic E-state index is 7.38. The van der Waals surface area contributed by atoms with Crippen LogP contribution in [0.2, 0.25) is 5.02 Å². The van der Waals surface area contributed by atoms with Gasteiger partial charge in [-0.3, -0.25) is 10.4 Å². The predicted molar refractivity (Wildman–Crippen MR) is 64.6 cm³/mol. The molecule has 0 spiro atoms. The summed E-state index contributed by atoms with van der Waals surface area (Å²) in [5.74, 6) is 0.702. The van der Waals surface area contributed by atoms with Crippen LogP contribution in [0.3, 0.4) is 0 Å². The average Bonchev–Trinajstić information content (AvgIpc) is 2.29. The summed E-state index contributed by atoms with van der Waals surface area (Å²) in [6.45, 7) is 0. The Kier molecular flexibility index (Phi) is 3.20. The van der Waals surface area contributed by atoms with Crippen molar-refractivity contribution >= 4 is 17.4 Å². The van der Waals surface area contributed by atoms with Gasteiger partial charge in [-0.05, 0) is 12.1 Å². The topological polar surface area (TPSA) is 84.9 Å². The lowest BCUT2D eigenvalue weighted by atomic mass is 10.3. The first-order valence-corrected chi connectivity index (χ1v) is 5.12. The van der Waals surface area contributed by atoms with Crippen LogP contribution in [-0.2, 0) is 0 Å². The quantitative estimate of drug-likeness (QED) is 0.644. The number of rotatable bonds is 3. The van der Waals surface area contributed by atoms with E-state index in [1.807, 2.05) is 0 Å². The highest BCUT2D eigenvalue weighted by Crippen LogP contribution is 2.24. The predicted octanol–water partition coefficient (Wildman–Crippen LogP) is 2.21. The molecule has 0 amide bonds. The van der Waals surface area contributed by atoms with E-state index in [4.69, 9.17) is 27.5 Å². The van der Waals surface area contributed by atoms with Crippen LogP contribution in [0.15, 0.2) is 36.8 Å². The Bertz CT molecular complexity index is 559. The van der Waals surface area contributed by atoms with E-state index in [-0.39, 0.29) is 11.5 Å². The van der Waals surface area contributed by atoms with E-state index in [2.05, 4.69) is 9.97 Å². The van der Waals surface area contributed by atoms with Crippen LogP contribution >= 0.6 is 11.6 Å². The highest BCUT2D eigenvalue weighted by atomic mass is 35.5. The second-order valence-corrected chi connectivity index (χ2v) is 3.64. The maximum Gasteiger partial charge on any atom is 0.156 e. The molecule has 0 bridgehead atoms. The molecule has 0 saturated heterocycles. The van der Waals surface area contributed by atoms with Gasteiger partial charge in [-0.1, -0.05) is 11.6 Å². The first-order chi connectivity index (χ1) is 8.16. The number of amidine groups is 1. The maximum absolute atomic E-state index is 7.38. The van der Waals surface area contributed by atoms with Crippen molar-refractivity contribution < 1.29 is 4.74 Å². The summed E-state index contributed by atoms with van der Waals surface area (Å²) in [5.41, 5.74) is 5.68. The van der Waals surface area contributed by atoms with Gasteiger partial charge in [0.05, 0.1) is 11.2 Å². The SMILES string of the molecule is N=C(N)c1ncccc1Oc1cncc(Cl)c1. The number of ether oxygens (including phenoxy) is 1. The Labute approximate surface area is 103 Å². The molecule has 0 saturated carbocycles. The molecule has 3 N–H and O–H groups in total. The Morgan fingerprint density at radius 2 is 2.24 bits per heavy atom. The molecule has 0 aliphatic rings. The number of hydrogen-bond acceptors (Lipinski definition) is 4. The summed E-state index contributed by atoms with van der Waals surface area (Å²) in [5, 5.41) is 7.85. The van der Waals surface area contributed by atoms with Crippen molar-refractivity contribution in [3.63, 3.8) is 0 Å². The van der Waals surface area contributed by atoms with Gasteiger partial charge in [0.1, 0.15) is 17.3 Å². The van der Waals surface area contributed by atoms with Crippen molar-refractivity contribution in [2.24, 2.45) is 5.73 Å². The molecule has 0 aliphatic heterocycles. The van der Waals surface area contributed by atoms with Crippen LogP contribution in [0.1, 0.15) is 5.69 Å². The molecule has 2 aromatic heterocycles. The number of nitrogen functional groups attached to an aromatic ring is 1. The van der Waals surface area contributed by atoms with Gasteiger partial charge in [0.2, 0.25) is 0 Å². The zero-order valence-electron chi connectivity index (χ0n) is 8.72. The largest absolute Gasteiger partial charge is 0.453 e. The lowest BCUT2D eigenvalue weighted by Gasteiger charge is -2.08. The highest BCUT2D eigenvalue weighted by Gasteiger charge is 2.08. The Balaban J connectivity index is 2.33. The monoisotopic (exact) mass is 248 g/mol. The Morgan fingerprint density at radius 1 is 1.41 bits per heavy atom. The number of hydrogen-bond donors (Lipinski definition) is 2. The molecule has 2 aromatic rings. The number of nitrogens with one attached hydrogen (secondary N) is 1. The summed E-state index contributed by atoms with van der Waals surface area (Å²) < 4.78 is 5.52. The molecule has 0 unspecified atom stereocenters. The fourth-order valence-electron chi connectivity index (χ4n) is 1.25. The van der Waals surface area contributed by atoms with E-state index in [1.165, 1.54) is 12.4 Å². The highest BCUT2D eigenvalue weighted by molar-refractivity contribution is 6.30. The third-order valence-electron chi connectivity index (χ3n) is 1.93. The van der Waals surface area contributed by atoms with E-state index in [0.717, 1.165) is 0 Å². The molecule has 0 fully saturated rings. The van der Waals surface area contributed by atoms with Crippen molar-refractivity contribution in [2.75, 3.05) is 0 Å². The summed E-state index contributed by atoms with van der Waals surface area (Å²) in [7, 11) is 0. The fourth-order valence-corrected chi connectivity index (χ4v) is 1.41. The molecule has 17 heavy (non-hydrogen) atoms. The molecule has 86 valence electrons. The number of aromatic nitrogens is 2. The second kappa shape index (κ2) is 4.80. The van der Waals surface area contributed by atoms with E-state index in [1.54, 1.807) is 24.4 Å². The van der Waals surface area contributed by atoms with Gasteiger partial charge in [0.15, 0.2) is 5.75 Å². The number of nitrogens with zero attached hydrogens (tertiary/aromatic N) is 2. The molecular formula is C11H9ClN4O. The normalized spacial score (nSPS) is 9.94. The minimum absolute atomic E-state index is 0.157.